The summed E-state index contributed by atoms with van der Waals surface area (Å²) in [5.41, 5.74) is 5.49. The fourth-order valence-corrected chi connectivity index (χ4v) is 2.97. The number of amides is 2. The number of carbonyl (C=O) groups excluding carboxylic acids is 2. The van der Waals surface area contributed by atoms with Gasteiger partial charge in [-0.1, -0.05) is 6.07 Å². The van der Waals surface area contributed by atoms with Crippen LogP contribution in [-0.2, 0) is 0 Å². The van der Waals surface area contributed by atoms with Crippen LogP contribution in [0.5, 0.6) is 0 Å². The van der Waals surface area contributed by atoms with E-state index in [1.54, 1.807) is 30.6 Å². The van der Waals surface area contributed by atoms with Gasteiger partial charge < -0.3 is 10.6 Å². The third-order valence-corrected chi connectivity index (χ3v) is 4.41. The molecule has 10 nitrogen and oxygen atoms in total. The Hall–Kier alpha value is -3.79. The number of aromatic nitrogens is 4. The van der Waals surface area contributed by atoms with Crippen LogP contribution in [0.25, 0.3) is 5.78 Å². The van der Waals surface area contributed by atoms with E-state index in [4.69, 9.17) is 0 Å². The highest BCUT2D eigenvalue weighted by molar-refractivity contribution is 5.96. The molecule has 0 saturated heterocycles. The average molecular weight is 406 g/mol. The van der Waals surface area contributed by atoms with E-state index in [9.17, 15) is 9.59 Å². The van der Waals surface area contributed by atoms with Gasteiger partial charge in [0.2, 0.25) is 5.78 Å². The Labute approximate surface area is 173 Å². The van der Waals surface area contributed by atoms with Gasteiger partial charge in [0, 0.05) is 43.9 Å². The third-order valence-electron chi connectivity index (χ3n) is 4.41. The molecule has 4 heterocycles. The first-order valence-corrected chi connectivity index (χ1v) is 9.57. The van der Waals surface area contributed by atoms with E-state index in [1.165, 1.54) is 0 Å². The Morgan fingerprint density at radius 2 is 2.00 bits per heavy atom. The predicted octanol–water partition coefficient (Wildman–Crippen LogP) is 0.901. The lowest BCUT2D eigenvalue weighted by atomic mass is 10.2. The van der Waals surface area contributed by atoms with E-state index in [0.29, 0.717) is 18.9 Å². The predicted molar refractivity (Wildman–Crippen MR) is 111 cm³/mol. The van der Waals surface area contributed by atoms with Crippen LogP contribution in [0.4, 0.5) is 5.69 Å². The molecular weight excluding hydrogens is 384 g/mol. The molecule has 0 unspecified atom stereocenters. The van der Waals surface area contributed by atoms with E-state index in [1.807, 2.05) is 41.9 Å². The number of nitrogens with one attached hydrogen (secondary N) is 3. The zero-order chi connectivity index (χ0) is 21.1. The molecule has 2 amide bonds. The molecule has 4 rings (SSSR count). The first-order chi connectivity index (χ1) is 14.5. The normalized spacial score (nSPS) is 13.6. The highest BCUT2D eigenvalue weighted by Gasteiger charge is 2.17. The van der Waals surface area contributed by atoms with Crippen molar-refractivity contribution in [2.24, 2.45) is 0 Å². The topological polar surface area (TPSA) is 117 Å². The summed E-state index contributed by atoms with van der Waals surface area (Å²) >= 11 is 0. The molecule has 10 heteroatoms. The molecule has 0 aliphatic carbocycles. The standard InChI is InChI=1S/C20H22N8O2/c1-13(2)25-19(30)17-5-3-4-16(26-17)18(29)22-8-14-9-24-28(11-14)15-10-23-20-21-6-7-27(20)12-15/h3-7,10-13,24H,8-9H2,1-2H3,(H,22,29)(H,25,30). The second-order valence-electron chi connectivity index (χ2n) is 7.16. The van der Waals surface area contributed by atoms with Gasteiger partial charge in [-0.05, 0) is 31.6 Å². The molecule has 0 saturated carbocycles. The van der Waals surface area contributed by atoms with Crippen molar-refractivity contribution >= 4 is 23.3 Å². The summed E-state index contributed by atoms with van der Waals surface area (Å²) < 4.78 is 1.83. The number of fused-ring (bicyclic) bond motifs is 1. The van der Waals surface area contributed by atoms with Gasteiger partial charge in [0.05, 0.1) is 11.9 Å². The summed E-state index contributed by atoms with van der Waals surface area (Å²) in [5, 5.41) is 7.46. The zero-order valence-corrected chi connectivity index (χ0v) is 16.7. The minimum atomic E-state index is -0.338. The summed E-state index contributed by atoms with van der Waals surface area (Å²) in [6.45, 7) is 4.68. The second kappa shape index (κ2) is 8.29. The van der Waals surface area contributed by atoms with Crippen molar-refractivity contribution in [2.75, 3.05) is 18.1 Å². The first-order valence-electron chi connectivity index (χ1n) is 9.57. The Kier molecular flexibility index (Phi) is 5.40. The molecule has 1 aliphatic rings. The third kappa shape index (κ3) is 4.28. The molecule has 0 aromatic carbocycles. The molecule has 1 aliphatic heterocycles. The van der Waals surface area contributed by atoms with Gasteiger partial charge in [-0.25, -0.2) is 20.4 Å². The summed E-state index contributed by atoms with van der Waals surface area (Å²) in [4.78, 5) is 37.2. The number of imidazole rings is 1. The van der Waals surface area contributed by atoms with Crippen molar-refractivity contribution < 1.29 is 9.59 Å². The summed E-state index contributed by atoms with van der Waals surface area (Å²) in [6, 6.07) is 4.81. The molecular formula is C20H22N8O2. The van der Waals surface area contributed by atoms with Gasteiger partial charge in [-0.2, -0.15) is 0 Å². The Bertz CT molecular complexity index is 1120. The van der Waals surface area contributed by atoms with Crippen molar-refractivity contribution in [3.05, 3.63) is 66.1 Å². The van der Waals surface area contributed by atoms with Crippen molar-refractivity contribution in [1.82, 2.24) is 35.4 Å². The van der Waals surface area contributed by atoms with E-state index in [2.05, 4.69) is 31.0 Å². The van der Waals surface area contributed by atoms with Crippen LogP contribution in [0, 0.1) is 0 Å². The van der Waals surface area contributed by atoms with Crippen LogP contribution in [0.15, 0.2) is 54.8 Å². The van der Waals surface area contributed by atoms with Gasteiger partial charge in [0.15, 0.2) is 0 Å². The molecule has 0 fully saturated rings. The van der Waals surface area contributed by atoms with Crippen molar-refractivity contribution in [3.63, 3.8) is 0 Å². The second-order valence-corrected chi connectivity index (χ2v) is 7.16. The molecule has 3 N–H and O–H groups in total. The number of nitrogens with zero attached hydrogens (tertiary/aromatic N) is 5. The first kappa shape index (κ1) is 19.5. The van der Waals surface area contributed by atoms with Crippen molar-refractivity contribution in [3.8, 4) is 0 Å². The highest BCUT2D eigenvalue weighted by Crippen LogP contribution is 2.16. The Balaban J connectivity index is 1.38. The van der Waals surface area contributed by atoms with Crippen LogP contribution in [0.2, 0.25) is 0 Å². The number of anilines is 1. The lowest BCUT2D eigenvalue weighted by Gasteiger charge is -2.15. The monoisotopic (exact) mass is 406 g/mol. The summed E-state index contributed by atoms with van der Waals surface area (Å²) in [7, 11) is 0. The average Bonchev–Trinajstić information content (AvgIpc) is 3.40. The number of hydrogen-bond acceptors (Lipinski definition) is 7. The number of hydrogen-bond donors (Lipinski definition) is 3. The maximum Gasteiger partial charge on any atom is 0.270 e. The Morgan fingerprint density at radius 1 is 1.20 bits per heavy atom. The minimum absolute atomic E-state index is 0.00813. The SMILES string of the molecule is CC(C)NC(=O)c1cccc(C(=O)NCC2=CN(c3cnc4nccn4c3)NC2)n1. The summed E-state index contributed by atoms with van der Waals surface area (Å²) in [6.07, 6.45) is 9.08. The maximum absolute atomic E-state index is 12.5. The van der Waals surface area contributed by atoms with Crippen LogP contribution < -0.4 is 21.1 Å². The lowest BCUT2D eigenvalue weighted by molar-refractivity contribution is 0.0937. The van der Waals surface area contributed by atoms with Gasteiger partial charge in [-0.3, -0.25) is 19.0 Å². The largest absolute Gasteiger partial charge is 0.349 e. The van der Waals surface area contributed by atoms with Gasteiger partial charge in [0.1, 0.15) is 11.4 Å². The van der Waals surface area contributed by atoms with Crippen LogP contribution in [0.3, 0.4) is 0 Å². The number of rotatable bonds is 6. The molecule has 0 bridgehead atoms. The highest BCUT2D eigenvalue weighted by atomic mass is 16.2. The van der Waals surface area contributed by atoms with Gasteiger partial charge >= 0.3 is 0 Å². The Morgan fingerprint density at radius 3 is 2.80 bits per heavy atom. The smallest absolute Gasteiger partial charge is 0.270 e. The zero-order valence-electron chi connectivity index (χ0n) is 16.7. The summed E-state index contributed by atoms with van der Waals surface area (Å²) in [5.74, 6) is -0.0114. The van der Waals surface area contributed by atoms with Crippen molar-refractivity contribution in [1.29, 1.82) is 0 Å². The molecule has 30 heavy (non-hydrogen) atoms. The lowest BCUT2D eigenvalue weighted by Crippen LogP contribution is -2.32. The van der Waals surface area contributed by atoms with E-state index < -0.39 is 0 Å². The fraction of sp³-hybridized carbons (Fsp3) is 0.250. The van der Waals surface area contributed by atoms with E-state index in [-0.39, 0.29) is 29.2 Å². The van der Waals surface area contributed by atoms with E-state index >= 15 is 0 Å². The molecule has 154 valence electrons. The van der Waals surface area contributed by atoms with Crippen molar-refractivity contribution in [2.45, 2.75) is 19.9 Å². The van der Waals surface area contributed by atoms with Crippen LogP contribution >= 0.6 is 0 Å². The number of pyridine rings is 1. The van der Waals surface area contributed by atoms with E-state index in [0.717, 1.165) is 11.3 Å². The quantitative estimate of drug-likeness (QED) is 0.557. The molecule has 3 aromatic heterocycles. The fourth-order valence-electron chi connectivity index (χ4n) is 2.97. The molecule has 3 aromatic rings. The van der Waals surface area contributed by atoms with Gasteiger partial charge in [-0.15, -0.1) is 0 Å². The molecule has 0 atom stereocenters. The van der Waals surface area contributed by atoms with Crippen LogP contribution in [0.1, 0.15) is 34.8 Å². The minimum Gasteiger partial charge on any atom is -0.349 e. The number of hydrazine groups is 1. The molecule has 0 spiro atoms. The molecule has 0 radical (unpaired) electrons. The maximum atomic E-state index is 12.5. The number of carbonyl (C=O) groups is 2. The van der Waals surface area contributed by atoms with Gasteiger partial charge in [0.25, 0.3) is 11.8 Å². The van der Waals surface area contributed by atoms with Crippen LogP contribution in [-0.4, -0.2) is 50.3 Å².